The average molecular weight is 343 g/mol. The Balaban J connectivity index is 2.47. The fraction of sp³-hybridized carbons (Fsp3) is 0.375. The molecule has 0 bridgehead atoms. The van der Waals surface area contributed by atoms with Crippen molar-refractivity contribution in [1.29, 1.82) is 0 Å². The molecule has 0 saturated heterocycles. The van der Waals surface area contributed by atoms with Crippen molar-refractivity contribution in [1.82, 2.24) is 9.97 Å². The number of hydrogen-bond acceptors (Lipinski definition) is 4. The van der Waals surface area contributed by atoms with Crippen LogP contribution < -0.4 is 9.64 Å². The molecule has 4 nitrogen and oxygen atoms in total. The molecular formula is C16H17F4N3O. The van der Waals surface area contributed by atoms with Crippen LogP contribution in [0, 0.1) is 5.82 Å². The van der Waals surface area contributed by atoms with E-state index in [-0.39, 0.29) is 24.8 Å². The van der Waals surface area contributed by atoms with E-state index >= 15 is 0 Å². The zero-order chi connectivity index (χ0) is 17.7. The second kappa shape index (κ2) is 7.46. The van der Waals surface area contributed by atoms with Gasteiger partial charge in [-0.15, -0.1) is 0 Å². The number of alkyl halides is 3. The van der Waals surface area contributed by atoms with Gasteiger partial charge >= 0.3 is 6.18 Å². The summed E-state index contributed by atoms with van der Waals surface area (Å²) in [6, 6.07) is 5.92. The lowest BCUT2D eigenvalue weighted by molar-refractivity contribution is -0.139. The van der Waals surface area contributed by atoms with E-state index in [4.69, 9.17) is 4.74 Å². The quantitative estimate of drug-likeness (QED) is 0.720. The van der Waals surface area contributed by atoms with Crippen LogP contribution >= 0.6 is 0 Å². The van der Waals surface area contributed by atoms with Crippen molar-refractivity contribution in [3.8, 4) is 5.88 Å². The smallest absolute Gasteiger partial charge is 0.423 e. The van der Waals surface area contributed by atoms with Crippen LogP contribution in [0.3, 0.4) is 0 Å². The van der Waals surface area contributed by atoms with Crippen LogP contribution in [0.15, 0.2) is 30.5 Å². The van der Waals surface area contributed by atoms with Gasteiger partial charge in [-0.05, 0) is 25.5 Å². The molecule has 0 fully saturated rings. The summed E-state index contributed by atoms with van der Waals surface area (Å²) in [5.41, 5.74) is -0.870. The van der Waals surface area contributed by atoms with Crippen LogP contribution in [0.5, 0.6) is 5.88 Å². The second-order valence-electron chi connectivity index (χ2n) is 4.93. The number of para-hydroxylation sites is 1. The summed E-state index contributed by atoms with van der Waals surface area (Å²) in [7, 11) is 0. The summed E-state index contributed by atoms with van der Waals surface area (Å²) in [5.74, 6) is -1.12. The molecule has 0 unspecified atom stereocenters. The summed E-state index contributed by atoms with van der Waals surface area (Å²) in [4.78, 5) is 9.01. The highest BCUT2D eigenvalue weighted by Crippen LogP contribution is 2.36. The lowest BCUT2D eigenvalue weighted by atomic mass is 10.2. The summed E-state index contributed by atoms with van der Waals surface area (Å²) < 4.78 is 58.2. The van der Waals surface area contributed by atoms with E-state index in [0.717, 1.165) is 0 Å². The molecule has 0 N–H and O–H groups in total. The molecule has 0 amide bonds. The Bertz CT molecular complexity index is 691. The molecule has 0 radical (unpaired) electrons. The van der Waals surface area contributed by atoms with Gasteiger partial charge in [-0.25, -0.2) is 9.37 Å². The van der Waals surface area contributed by atoms with Crippen LogP contribution in [0.25, 0.3) is 0 Å². The first-order valence-corrected chi connectivity index (χ1v) is 7.47. The third-order valence-corrected chi connectivity index (χ3v) is 3.19. The highest BCUT2D eigenvalue weighted by molar-refractivity contribution is 5.58. The minimum absolute atomic E-state index is 0.0540. The Morgan fingerprint density at radius 2 is 1.88 bits per heavy atom. The first-order valence-electron chi connectivity index (χ1n) is 7.47. The van der Waals surface area contributed by atoms with Gasteiger partial charge in [0.25, 0.3) is 0 Å². The van der Waals surface area contributed by atoms with Gasteiger partial charge in [-0.1, -0.05) is 19.1 Å². The molecule has 0 spiro atoms. The lowest BCUT2D eigenvalue weighted by Gasteiger charge is -2.22. The molecule has 130 valence electrons. The van der Waals surface area contributed by atoms with Crippen LogP contribution in [-0.2, 0) is 6.18 Å². The fourth-order valence-electron chi connectivity index (χ4n) is 2.08. The van der Waals surface area contributed by atoms with Crippen LogP contribution in [0.1, 0.15) is 25.8 Å². The molecule has 0 saturated carbocycles. The maximum absolute atomic E-state index is 14.0. The molecular weight excluding hydrogens is 326 g/mol. The van der Waals surface area contributed by atoms with E-state index in [1.807, 2.05) is 0 Å². The fourth-order valence-corrected chi connectivity index (χ4v) is 2.08. The summed E-state index contributed by atoms with van der Waals surface area (Å²) >= 11 is 0. The van der Waals surface area contributed by atoms with Crippen molar-refractivity contribution in [3.63, 3.8) is 0 Å². The Kier molecular flexibility index (Phi) is 5.58. The van der Waals surface area contributed by atoms with Crippen molar-refractivity contribution >= 4 is 11.6 Å². The van der Waals surface area contributed by atoms with E-state index in [9.17, 15) is 17.6 Å². The van der Waals surface area contributed by atoms with Crippen molar-refractivity contribution < 1.29 is 22.3 Å². The van der Waals surface area contributed by atoms with Gasteiger partial charge in [-0.2, -0.15) is 18.2 Å². The van der Waals surface area contributed by atoms with Crippen LogP contribution in [0.4, 0.5) is 29.2 Å². The van der Waals surface area contributed by atoms with Gasteiger partial charge in [0.05, 0.1) is 12.3 Å². The maximum atomic E-state index is 14.0. The zero-order valence-electron chi connectivity index (χ0n) is 13.3. The topological polar surface area (TPSA) is 38.2 Å². The number of hydrogen-bond donors (Lipinski definition) is 0. The largest absolute Gasteiger partial charge is 0.477 e. The van der Waals surface area contributed by atoms with E-state index < -0.39 is 23.4 Å². The Morgan fingerprint density at radius 3 is 2.46 bits per heavy atom. The van der Waals surface area contributed by atoms with Crippen molar-refractivity contribution in [2.45, 2.75) is 26.4 Å². The van der Waals surface area contributed by atoms with Crippen LogP contribution in [-0.4, -0.2) is 23.1 Å². The van der Waals surface area contributed by atoms with E-state index in [2.05, 4.69) is 9.97 Å². The Morgan fingerprint density at radius 1 is 1.17 bits per heavy atom. The minimum atomic E-state index is -4.63. The number of rotatable bonds is 6. The highest BCUT2D eigenvalue weighted by atomic mass is 19.4. The summed E-state index contributed by atoms with van der Waals surface area (Å²) in [6.07, 6.45) is -3.44. The molecule has 1 heterocycles. The zero-order valence-corrected chi connectivity index (χ0v) is 13.3. The van der Waals surface area contributed by atoms with Gasteiger partial charge in [0, 0.05) is 12.7 Å². The molecule has 24 heavy (non-hydrogen) atoms. The molecule has 0 aliphatic heterocycles. The average Bonchev–Trinajstić information content (AvgIpc) is 2.54. The third kappa shape index (κ3) is 3.93. The van der Waals surface area contributed by atoms with Crippen molar-refractivity contribution in [2.75, 3.05) is 18.1 Å². The lowest BCUT2D eigenvalue weighted by Crippen LogP contribution is -2.21. The molecule has 2 rings (SSSR count). The molecule has 0 aliphatic carbocycles. The predicted molar refractivity (Wildman–Crippen MR) is 81.9 cm³/mol. The number of halogens is 4. The molecule has 0 atom stereocenters. The Hall–Kier alpha value is -2.38. The summed E-state index contributed by atoms with van der Waals surface area (Å²) in [6.45, 7) is 3.86. The first-order chi connectivity index (χ1) is 11.4. The molecule has 8 heteroatoms. The number of benzene rings is 1. The van der Waals surface area contributed by atoms with Gasteiger partial charge in [0.15, 0.2) is 0 Å². The normalized spacial score (nSPS) is 11.4. The van der Waals surface area contributed by atoms with E-state index in [1.165, 1.54) is 23.1 Å². The molecule has 2 aromatic rings. The van der Waals surface area contributed by atoms with E-state index in [1.54, 1.807) is 19.9 Å². The number of anilines is 2. The molecule has 1 aromatic carbocycles. The van der Waals surface area contributed by atoms with Crippen molar-refractivity contribution in [3.05, 3.63) is 41.8 Å². The standard InChI is InChI=1S/C16H17F4N3O/c1-3-9-24-14-11(16(18,19)20)10-21-15(22-14)23(4-2)13-8-6-5-7-12(13)17/h5-8,10H,3-4,9H2,1-2H3. The second-order valence-corrected chi connectivity index (χ2v) is 4.93. The highest BCUT2D eigenvalue weighted by Gasteiger charge is 2.36. The van der Waals surface area contributed by atoms with E-state index in [0.29, 0.717) is 12.6 Å². The number of ether oxygens (including phenoxy) is 1. The van der Waals surface area contributed by atoms with Gasteiger partial charge in [0.2, 0.25) is 11.8 Å². The number of aromatic nitrogens is 2. The predicted octanol–water partition coefficient (Wildman–Crippen LogP) is 4.58. The minimum Gasteiger partial charge on any atom is -0.477 e. The molecule has 0 aliphatic rings. The SMILES string of the molecule is CCCOc1nc(N(CC)c2ccccc2F)ncc1C(F)(F)F. The number of nitrogens with zero attached hydrogens (tertiary/aromatic N) is 3. The van der Waals surface area contributed by atoms with Gasteiger partial charge in [0.1, 0.15) is 11.4 Å². The third-order valence-electron chi connectivity index (χ3n) is 3.19. The monoisotopic (exact) mass is 343 g/mol. The van der Waals surface area contributed by atoms with Crippen LogP contribution in [0.2, 0.25) is 0 Å². The maximum Gasteiger partial charge on any atom is 0.423 e. The summed E-state index contributed by atoms with van der Waals surface area (Å²) in [5, 5.41) is 0. The van der Waals surface area contributed by atoms with Gasteiger partial charge in [-0.3, -0.25) is 0 Å². The van der Waals surface area contributed by atoms with Gasteiger partial charge < -0.3 is 9.64 Å². The first kappa shape index (κ1) is 18.0. The van der Waals surface area contributed by atoms with Crippen molar-refractivity contribution in [2.24, 2.45) is 0 Å². The Labute approximate surface area is 137 Å². The molecule has 1 aromatic heterocycles.